The first-order chi connectivity index (χ1) is 20.1. The number of carbonyl (C=O) groups is 1. The van der Waals surface area contributed by atoms with Gasteiger partial charge in [-0.3, -0.25) is 4.79 Å². The first kappa shape index (κ1) is 36.3. The van der Waals surface area contributed by atoms with E-state index in [2.05, 4.69) is 25.2 Å². The van der Waals surface area contributed by atoms with Crippen LogP contribution in [-0.2, 0) is 25.4 Å². The Kier molecular flexibility index (Phi) is 16.7. The molecule has 1 heterocycles. The molecule has 0 saturated carbocycles. The van der Waals surface area contributed by atoms with Gasteiger partial charge in [0.25, 0.3) is 0 Å². The molecule has 1 saturated heterocycles. The van der Waals surface area contributed by atoms with E-state index in [4.69, 9.17) is 29.4 Å². The van der Waals surface area contributed by atoms with Crippen LogP contribution in [0.3, 0.4) is 0 Å². The second kappa shape index (κ2) is 19.4. The predicted molar refractivity (Wildman–Crippen MR) is 166 cm³/mol. The molecular weight excluding hydrogens is 536 g/mol. The van der Waals surface area contributed by atoms with E-state index in [9.17, 15) is 9.90 Å². The second-order valence-electron chi connectivity index (χ2n) is 12.5. The van der Waals surface area contributed by atoms with Crippen molar-refractivity contribution in [3.63, 3.8) is 0 Å². The summed E-state index contributed by atoms with van der Waals surface area (Å²) in [5.41, 5.74) is 7.73. The van der Waals surface area contributed by atoms with Crippen LogP contribution in [0.15, 0.2) is 18.2 Å². The van der Waals surface area contributed by atoms with Crippen molar-refractivity contribution >= 4 is 5.91 Å². The van der Waals surface area contributed by atoms with Crippen LogP contribution in [0.1, 0.15) is 65.4 Å². The minimum atomic E-state index is -0.779. The van der Waals surface area contributed by atoms with E-state index >= 15 is 0 Å². The monoisotopic (exact) mass is 594 g/mol. The topological polar surface area (TPSA) is 122 Å². The van der Waals surface area contributed by atoms with Crippen molar-refractivity contribution in [3.05, 3.63) is 23.8 Å². The molecule has 1 aliphatic rings. The number of nitrogens with two attached hydrogens (primary N) is 1. The van der Waals surface area contributed by atoms with Crippen molar-refractivity contribution in [2.75, 3.05) is 54.3 Å². The van der Waals surface area contributed by atoms with Crippen molar-refractivity contribution in [3.8, 4) is 11.5 Å². The van der Waals surface area contributed by atoms with Gasteiger partial charge in [0, 0.05) is 58.3 Å². The van der Waals surface area contributed by atoms with Gasteiger partial charge in [0.15, 0.2) is 11.5 Å². The zero-order valence-electron chi connectivity index (χ0n) is 27.1. The number of hydrogen-bond donors (Lipinski definition) is 3. The standard InChI is InChI=1S/C33H58N2O7/c1-22(2)26(15-24-9-10-31(40-7)32(17-24)42-13-8-12-38-5)18-29(34)30(36)19-28(23(3)4)33(37)35-20-25-16-27(39-6)11-14-41-21-25/h9-10,17,22-23,25-30,36H,8,11-16,18-21,34H2,1-7H3,(H,35,37)/t25-,26?,27-,28?,29?,30?/m1/s1. The van der Waals surface area contributed by atoms with Gasteiger partial charge in [-0.2, -0.15) is 0 Å². The lowest BCUT2D eigenvalue weighted by Crippen LogP contribution is -2.43. The fourth-order valence-corrected chi connectivity index (χ4v) is 5.62. The number of aliphatic hydroxyl groups excluding tert-OH is 1. The molecule has 4 N–H and O–H groups in total. The summed E-state index contributed by atoms with van der Waals surface area (Å²) in [4.78, 5) is 13.2. The summed E-state index contributed by atoms with van der Waals surface area (Å²) in [7, 11) is 5.05. The molecule has 0 spiro atoms. The zero-order valence-corrected chi connectivity index (χ0v) is 27.1. The van der Waals surface area contributed by atoms with Crippen molar-refractivity contribution in [2.45, 2.75) is 84.5 Å². The second-order valence-corrected chi connectivity index (χ2v) is 12.5. The molecule has 0 bridgehead atoms. The van der Waals surface area contributed by atoms with Crippen LogP contribution in [0.4, 0.5) is 0 Å². The van der Waals surface area contributed by atoms with E-state index < -0.39 is 12.1 Å². The molecule has 242 valence electrons. The quantitative estimate of drug-likeness (QED) is 0.204. The van der Waals surface area contributed by atoms with Gasteiger partial charge in [-0.1, -0.05) is 33.8 Å². The minimum Gasteiger partial charge on any atom is -0.493 e. The highest BCUT2D eigenvalue weighted by Gasteiger charge is 2.30. The number of ether oxygens (including phenoxy) is 5. The lowest BCUT2D eigenvalue weighted by Gasteiger charge is -2.30. The first-order valence-electron chi connectivity index (χ1n) is 15.7. The summed E-state index contributed by atoms with van der Waals surface area (Å²) in [6.07, 6.45) is 3.70. The van der Waals surface area contributed by atoms with E-state index in [1.165, 1.54) is 0 Å². The van der Waals surface area contributed by atoms with Crippen LogP contribution in [0.5, 0.6) is 11.5 Å². The molecule has 2 rings (SSSR count). The van der Waals surface area contributed by atoms with Crippen LogP contribution < -0.4 is 20.5 Å². The van der Waals surface area contributed by atoms with Gasteiger partial charge in [0.2, 0.25) is 5.91 Å². The molecule has 9 nitrogen and oxygen atoms in total. The van der Waals surface area contributed by atoms with E-state index in [0.717, 1.165) is 37.0 Å². The smallest absolute Gasteiger partial charge is 0.223 e. The fraction of sp³-hybridized carbons (Fsp3) is 0.788. The van der Waals surface area contributed by atoms with Crippen LogP contribution in [0, 0.1) is 29.6 Å². The third-order valence-corrected chi connectivity index (χ3v) is 8.56. The average Bonchev–Trinajstić information content (AvgIpc) is 3.21. The average molecular weight is 595 g/mol. The van der Waals surface area contributed by atoms with Crippen LogP contribution in [0.25, 0.3) is 0 Å². The van der Waals surface area contributed by atoms with Crippen LogP contribution in [-0.4, -0.2) is 83.6 Å². The van der Waals surface area contributed by atoms with Gasteiger partial charge < -0.3 is 39.8 Å². The van der Waals surface area contributed by atoms with Crippen molar-refractivity contribution in [1.29, 1.82) is 0 Å². The van der Waals surface area contributed by atoms with Gasteiger partial charge in [-0.05, 0) is 67.6 Å². The molecule has 9 heteroatoms. The number of carbonyl (C=O) groups excluding carboxylic acids is 1. The Bertz CT molecular complexity index is 897. The molecule has 0 radical (unpaired) electrons. The Morgan fingerprint density at radius 1 is 1.10 bits per heavy atom. The molecule has 1 aromatic carbocycles. The lowest BCUT2D eigenvalue weighted by atomic mass is 9.80. The molecule has 1 aliphatic heterocycles. The predicted octanol–water partition coefficient (Wildman–Crippen LogP) is 4.22. The van der Waals surface area contributed by atoms with Crippen molar-refractivity contribution in [2.24, 2.45) is 35.3 Å². The summed E-state index contributed by atoms with van der Waals surface area (Å²) < 4.78 is 27.8. The fourth-order valence-electron chi connectivity index (χ4n) is 5.62. The maximum atomic E-state index is 13.2. The molecule has 0 aromatic heterocycles. The van der Waals surface area contributed by atoms with Gasteiger partial charge in [-0.15, -0.1) is 0 Å². The summed E-state index contributed by atoms with van der Waals surface area (Å²) in [6.45, 7) is 11.4. The summed E-state index contributed by atoms with van der Waals surface area (Å²) >= 11 is 0. The Hall–Kier alpha value is -1.91. The van der Waals surface area contributed by atoms with Gasteiger partial charge in [-0.25, -0.2) is 0 Å². The lowest BCUT2D eigenvalue weighted by molar-refractivity contribution is -0.128. The highest BCUT2D eigenvalue weighted by Crippen LogP contribution is 2.32. The maximum absolute atomic E-state index is 13.2. The number of rotatable bonds is 19. The van der Waals surface area contributed by atoms with Gasteiger partial charge in [0.1, 0.15) is 0 Å². The van der Waals surface area contributed by atoms with E-state index in [1.54, 1.807) is 21.3 Å². The molecule has 0 aliphatic carbocycles. The molecule has 42 heavy (non-hydrogen) atoms. The molecular formula is C33H58N2O7. The molecule has 1 amide bonds. The maximum Gasteiger partial charge on any atom is 0.223 e. The minimum absolute atomic E-state index is 0.0360. The third kappa shape index (κ3) is 12.4. The third-order valence-electron chi connectivity index (χ3n) is 8.56. The highest BCUT2D eigenvalue weighted by atomic mass is 16.5. The zero-order chi connectivity index (χ0) is 31.1. The Labute approximate surface area is 254 Å². The molecule has 1 fully saturated rings. The highest BCUT2D eigenvalue weighted by molar-refractivity contribution is 5.78. The summed E-state index contributed by atoms with van der Waals surface area (Å²) in [5.74, 6) is 1.95. The Morgan fingerprint density at radius 3 is 2.50 bits per heavy atom. The summed E-state index contributed by atoms with van der Waals surface area (Å²) in [6, 6.07) is 5.60. The van der Waals surface area contributed by atoms with Crippen molar-refractivity contribution in [1.82, 2.24) is 5.32 Å². The molecule has 1 aromatic rings. The van der Waals surface area contributed by atoms with Crippen LogP contribution in [0.2, 0.25) is 0 Å². The largest absolute Gasteiger partial charge is 0.493 e. The van der Waals surface area contributed by atoms with Gasteiger partial charge >= 0.3 is 0 Å². The van der Waals surface area contributed by atoms with E-state index in [0.29, 0.717) is 57.5 Å². The Morgan fingerprint density at radius 2 is 1.86 bits per heavy atom. The molecule has 4 unspecified atom stereocenters. The number of aliphatic hydroxyl groups is 1. The molecule has 6 atom stereocenters. The number of hydrogen-bond acceptors (Lipinski definition) is 8. The Balaban J connectivity index is 1.97. The van der Waals surface area contributed by atoms with Gasteiger partial charge in [0.05, 0.1) is 32.5 Å². The normalized spacial score (nSPS) is 20.5. The van der Waals surface area contributed by atoms with E-state index in [-0.39, 0.29) is 35.7 Å². The number of amides is 1. The summed E-state index contributed by atoms with van der Waals surface area (Å²) in [5, 5.41) is 14.3. The first-order valence-corrected chi connectivity index (χ1v) is 15.7. The number of benzene rings is 1. The van der Waals surface area contributed by atoms with E-state index in [1.807, 2.05) is 26.0 Å². The number of nitrogens with one attached hydrogen (secondary N) is 1. The van der Waals surface area contributed by atoms with Crippen molar-refractivity contribution < 1.29 is 33.6 Å². The van der Waals surface area contributed by atoms with Crippen LogP contribution >= 0.6 is 0 Å². The SMILES string of the molecule is COCCCOc1cc(CC(CC(N)C(O)CC(C(=O)NC[C@@H]2COCC[C@@H](OC)C2)C(C)C)C(C)C)ccc1OC. The number of methoxy groups -OCH3 is 3.